The van der Waals surface area contributed by atoms with Crippen molar-refractivity contribution in [3.8, 4) is 0 Å². The monoisotopic (exact) mass is 336 g/mol. The summed E-state index contributed by atoms with van der Waals surface area (Å²) < 4.78 is 26.3. The number of piperidine rings is 1. The van der Waals surface area contributed by atoms with Gasteiger partial charge in [-0.3, -0.25) is 0 Å². The van der Waals surface area contributed by atoms with E-state index in [1.807, 2.05) is 0 Å². The van der Waals surface area contributed by atoms with Gasteiger partial charge in [0.2, 0.25) is 10.0 Å². The molecule has 0 saturated carbocycles. The molecule has 1 heterocycles. The molecule has 1 aromatic rings. The molecule has 20 heavy (non-hydrogen) atoms. The number of benzene rings is 1. The molecule has 1 aliphatic heterocycles. The van der Waals surface area contributed by atoms with Crippen LogP contribution in [-0.2, 0) is 10.0 Å². The first kappa shape index (κ1) is 16.0. The number of nitrogens with zero attached hydrogens (tertiary/aromatic N) is 1. The topological polar surface area (TPSA) is 49.4 Å². The van der Waals surface area contributed by atoms with Gasteiger partial charge in [-0.05, 0) is 50.0 Å². The van der Waals surface area contributed by atoms with E-state index < -0.39 is 10.0 Å². The Balaban J connectivity index is 2.13. The molecule has 1 aliphatic rings. The van der Waals surface area contributed by atoms with Gasteiger partial charge in [-0.2, -0.15) is 0 Å². The smallest absolute Gasteiger partial charge is 0.242 e. The second kappa shape index (κ2) is 6.62. The lowest BCUT2D eigenvalue weighted by molar-refractivity contribution is 0.315. The van der Waals surface area contributed by atoms with Crippen LogP contribution in [0.25, 0.3) is 0 Å². The predicted octanol–water partition coefficient (Wildman–Crippen LogP) is 2.61. The Hall–Kier alpha value is -0.330. The number of hydrogen-bond donors (Lipinski definition) is 1. The van der Waals surface area contributed by atoms with Crippen LogP contribution in [0.2, 0.25) is 10.0 Å². The van der Waals surface area contributed by atoms with E-state index in [1.54, 1.807) is 7.05 Å². The van der Waals surface area contributed by atoms with Gasteiger partial charge < -0.3 is 5.32 Å². The molecule has 0 spiro atoms. The van der Waals surface area contributed by atoms with Crippen molar-refractivity contribution >= 4 is 33.2 Å². The molecule has 4 nitrogen and oxygen atoms in total. The zero-order chi connectivity index (χ0) is 14.8. The fraction of sp³-hybridized carbons (Fsp3) is 0.538. The molecule has 0 amide bonds. The minimum absolute atomic E-state index is 0.179. The first-order chi connectivity index (χ1) is 9.41. The van der Waals surface area contributed by atoms with E-state index in [0.29, 0.717) is 17.5 Å². The molecule has 0 aromatic heterocycles. The van der Waals surface area contributed by atoms with Gasteiger partial charge in [0.1, 0.15) is 0 Å². The third-order valence-electron chi connectivity index (χ3n) is 3.51. The molecule has 7 heteroatoms. The zero-order valence-corrected chi connectivity index (χ0v) is 13.6. The van der Waals surface area contributed by atoms with Gasteiger partial charge in [0, 0.05) is 13.6 Å². The van der Waals surface area contributed by atoms with Gasteiger partial charge >= 0.3 is 0 Å². The molecule has 0 bridgehead atoms. The Labute approximate surface area is 130 Å². The summed E-state index contributed by atoms with van der Waals surface area (Å²) in [6.07, 6.45) is 2.14. The van der Waals surface area contributed by atoms with Crippen LogP contribution in [-0.4, -0.2) is 39.4 Å². The maximum Gasteiger partial charge on any atom is 0.242 e. The van der Waals surface area contributed by atoms with Crippen molar-refractivity contribution in [3.05, 3.63) is 28.2 Å². The third kappa shape index (κ3) is 3.65. The van der Waals surface area contributed by atoms with Gasteiger partial charge in [-0.15, -0.1) is 0 Å². The largest absolute Gasteiger partial charge is 0.316 e. The lowest BCUT2D eigenvalue weighted by Crippen LogP contribution is -2.39. The van der Waals surface area contributed by atoms with E-state index in [2.05, 4.69) is 5.32 Å². The fourth-order valence-corrected chi connectivity index (χ4v) is 4.00. The highest BCUT2D eigenvalue weighted by molar-refractivity contribution is 7.89. The van der Waals surface area contributed by atoms with E-state index in [1.165, 1.54) is 22.5 Å². The first-order valence-corrected chi connectivity index (χ1v) is 8.73. The second-order valence-corrected chi connectivity index (χ2v) is 7.93. The lowest BCUT2D eigenvalue weighted by atomic mass is 10.00. The van der Waals surface area contributed by atoms with Crippen molar-refractivity contribution in [1.29, 1.82) is 0 Å². The Kier molecular flexibility index (Phi) is 5.31. The van der Waals surface area contributed by atoms with E-state index in [4.69, 9.17) is 23.2 Å². The van der Waals surface area contributed by atoms with Crippen molar-refractivity contribution in [2.75, 3.05) is 26.7 Å². The van der Waals surface area contributed by atoms with Crippen LogP contribution < -0.4 is 5.32 Å². The molecular weight excluding hydrogens is 319 g/mol. The standard InChI is InChI=1S/C13H18Cl2N2O2S/c1-17(9-10-3-2-6-16-8-10)20(18,19)11-4-5-12(14)13(15)7-11/h4-5,7,10,16H,2-3,6,8-9H2,1H3. The summed E-state index contributed by atoms with van der Waals surface area (Å²) in [4.78, 5) is 0.179. The van der Waals surface area contributed by atoms with Crippen LogP contribution in [0.5, 0.6) is 0 Å². The number of nitrogens with one attached hydrogen (secondary N) is 1. The molecule has 2 rings (SSSR count). The number of sulfonamides is 1. The van der Waals surface area contributed by atoms with Gasteiger partial charge in [-0.1, -0.05) is 23.2 Å². The summed E-state index contributed by atoms with van der Waals surface area (Å²) in [5, 5.41) is 3.89. The minimum atomic E-state index is -3.52. The van der Waals surface area contributed by atoms with Crippen molar-refractivity contribution < 1.29 is 8.42 Å². The minimum Gasteiger partial charge on any atom is -0.316 e. The molecular formula is C13H18Cl2N2O2S. The highest BCUT2D eigenvalue weighted by Gasteiger charge is 2.25. The van der Waals surface area contributed by atoms with Crippen LogP contribution >= 0.6 is 23.2 Å². The third-order valence-corrected chi connectivity index (χ3v) is 6.07. The summed E-state index contributed by atoms with van der Waals surface area (Å²) in [6, 6.07) is 4.39. The predicted molar refractivity (Wildman–Crippen MR) is 81.9 cm³/mol. The van der Waals surface area contributed by atoms with Crippen molar-refractivity contribution in [1.82, 2.24) is 9.62 Å². The molecule has 1 fully saturated rings. The fourth-order valence-electron chi connectivity index (χ4n) is 2.36. The second-order valence-electron chi connectivity index (χ2n) is 5.07. The van der Waals surface area contributed by atoms with Crippen LogP contribution in [0.4, 0.5) is 0 Å². The molecule has 1 aromatic carbocycles. The van der Waals surface area contributed by atoms with Gasteiger partial charge in [0.05, 0.1) is 14.9 Å². The quantitative estimate of drug-likeness (QED) is 0.919. The number of hydrogen-bond acceptors (Lipinski definition) is 3. The van der Waals surface area contributed by atoms with Crippen LogP contribution in [0.3, 0.4) is 0 Å². The Morgan fingerprint density at radius 3 is 2.70 bits per heavy atom. The van der Waals surface area contributed by atoms with E-state index in [0.717, 1.165) is 25.9 Å². The molecule has 0 radical (unpaired) electrons. The molecule has 1 unspecified atom stereocenters. The maximum absolute atomic E-state index is 12.5. The number of halogens is 2. The average molecular weight is 337 g/mol. The molecule has 112 valence electrons. The molecule has 1 saturated heterocycles. The summed E-state index contributed by atoms with van der Waals surface area (Å²) in [6.45, 7) is 2.39. The first-order valence-electron chi connectivity index (χ1n) is 6.53. The Morgan fingerprint density at radius 1 is 1.35 bits per heavy atom. The summed E-state index contributed by atoms with van der Waals surface area (Å²) >= 11 is 11.7. The van der Waals surface area contributed by atoms with Crippen LogP contribution in [0.15, 0.2) is 23.1 Å². The zero-order valence-electron chi connectivity index (χ0n) is 11.3. The highest BCUT2D eigenvalue weighted by atomic mass is 35.5. The van der Waals surface area contributed by atoms with Crippen molar-refractivity contribution in [2.45, 2.75) is 17.7 Å². The van der Waals surface area contributed by atoms with Gasteiger partial charge in [0.25, 0.3) is 0 Å². The van der Waals surface area contributed by atoms with Crippen molar-refractivity contribution in [3.63, 3.8) is 0 Å². The van der Waals surface area contributed by atoms with Gasteiger partial charge in [0.15, 0.2) is 0 Å². The van der Waals surface area contributed by atoms with E-state index in [-0.39, 0.29) is 9.92 Å². The van der Waals surface area contributed by atoms with E-state index >= 15 is 0 Å². The normalized spacial score (nSPS) is 20.3. The lowest BCUT2D eigenvalue weighted by Gasteiger charge is -2.27. The van der Waals surface area contributed by atoms with E-state index in [9.17, 15) is 8.42 Å². The SMILES string of the molecule is CN(CC1CCCNC1)S(=O)(=O)c1ccc(Cl)c(Cl)c1. The van der Waals surface area contributed by atoms with Crippen LogP contribution in [0, 0.1) is 5.92 Å². The summed E-state index contributed by atoms with van der Waals surface area (Å²) in [5.41, 5.74) is 0. The summed E-state index contributed by atoms with van der Waals surface area (Å²) in [7, 11) is -1.91. The maximum atomic E-state index is 12.5. The Bertz CT molecular complexity index is 572. The van der Waals surface area contributed by atoms with Gasteiger partial charge in [-0.25, -0.2) is 12.7 Å². The van der Waals surface area contributed by atoms with Crippen molar-refractivity contribution in [2.24, 2.45) is 5.92 Å². The molecule has 0 aliphatic carbocycles. The summed E-state index contributed by atoms with van der Waals surface area (Å²) in [5.74, 6) is 0.353. The Morgan fingerprint density at radius 2 is 2.10 bits per heavy atom. The average Bonchev–Trinajstić information content (AvgIpc) is 2.42. The molecule has 1 N–H and O–H groups in total. The number of rotatable bonds is 4. The van der Waals surface area contributed by atoms with Crippen LogP contribution in [0.1, 0.15) is 12.8 Å². The highest BCUT2D eigenvalue weighted by Crippen LogP contribution is 2.26. The molecule has 1 atom stereocenters.